The first kappa shape index (κ1) is 10.4. The third kappa shape index (κ3) is 2.65. The van der Waals surface area contributed by atoms with Crippen LogP contribution in [0.4, 0.5) is 5.69 Å². The second-order valence-electron chi connectivity index (χ2n) is 3.66. The molecule has 1 unspecified atom stereocenters. The Hall–Kier alpha value is -1.16. The van der Waals surface area contributed by atoms with Gasteiger partial charge in [0.15, 0.2) is 0 Å². The van der Waals surface area contributed by atoms with Crippen molar-refractivity contribution in [2.75, 3.05) is 17.2 Å². The summed E-state index contributed by atoms with van der Waals surface area (Å²) in [6, 6.07) is 7.39. The average Bonchev–Trinajstić information content (AvgIpc) is 2.70. The fourth-order valence-corrected chi connectivity index (χ4v) is 2.75. The Balaban J connectivity index is 2.01. The molecule has 0 radical (unpaired) electrons. The first-order chi connectivity index (χ1) is 7.25. The molecular formula is C11H14N2OS. The lowest BCUT2D eigenvalue weighted by Gasteiger charge is -2.11. The van der Waals surface area contributed by atoms with Crippen LogP contribution in [0.2, 0.25) is 0 Å². The number of carbonyl (C=O) groups excluding carboxylic acids is 1. The summed E-state index contributed by atoms with van der Waals surface area (Å²) in [5.41, 5.74) is 6.89. The van der Waals surface area contributed by atoms with Crippen molar-refractivity contribution in [3.63, 3.8) is 0 Å². The normalized spacial score (nSPS) is 20.1. The summed E-state index contributed by atoms with van der Waals surface area (Å²) in [5.74, 6) is 2.14. The van der Waals surface area contributed by atoms with Crippen LogP contribution in [-0.2, 0) is 0 Å². The number of benzene rings is 1. The number of nitrogens with one attached hydrogen (secondary N) is 1. The van der Waals surface area contributed by atoms with E-state index >= 15 is 0 Å². The zero-order chi connectivity index (χ0) is 10.7. The smallest absolute Gasteiger partial charge is 0.251 e. The molecule has 0 bridgehead atoms. The highest BCUT2D eigenvalue weighted by Crippen LogP contribution is 2.17. The largest absolute Gasteiger partial charge is 0.399 e. The fraction of sp³-hybridized carbons (Fsp3) is 0.364. The van der Waals surface area contributed by atoms with Gasteiger partial charge in [0.2, 0.25) is 0 Å². The Kier molecular flexibility index (Phi) is 3.16. The maximum absolute atomic E-state index is 11.8. The molecule has 1 saturated heterocycles. The zero-order valence-corrected chi connectivity index (χ0v) is 9.22. The van der Waals surface area contributed by atoms with Gasteiger partial charge in [-0.3, -0.25) is 4.79 Å². The van der Waals surface area contributed by atoms with Crippen LogP contribution < -0.4 is 11.1 Å². The Morgan fingerprint density at radius 2 is 2.40 bits per heavy atom. The third-order valence-electron chi connectivity index (χ3n) is 2.41. The second kappa shape index (κ2) is 4.57. The van der Waals surface area contributed by atoms with E-state index in [1.165, 1.54) is 0 Å². The first-order valence-corrected chi connectivity index (χ1v) is 6.15. The monoisotopic (exact) mass is 222 g/mol. The van der Waals surface area contributed by atoms with Gasteiger partial charge in [0.1, 0.15) is 0 Å². The van der Waals surface area contributed by atoms with E-state index in [0.29, 0.717) is 17.3 Å². The maximum Gasteiger partial charge on any atom is 0.251 e. The maximum atomic E-state index is 11.8. The van der Waals surface area contributed by atoms with Crippen molar-refractivity contribution in [3.8, 4) is 0 Å². The van der Waals surface area contributed by atoms with Gasteiger partial charge in [0.05, 0.1) is 0 Å². The molecule has 80 valence electrons. The number of thioether (sulfide) groups is 1. The van der Waals surface area contributed by atoms with Crippen molar-refractivity contribution in [1.29, 1.82) is 0 Å². The highest BCUT2D eigenvalue weighted by molar-refractivity contribution is 7.99. The molecule has 0 aliphatic carbocycles. The lowest BCUT2D eigenvalue weighted by molar-refractivity contribution is 0.0941. The van der Waals surface area contributed by atoms with E-state index in [4.69, 9.17) is 5.73 Å². The topological polar surface area (TPSA) is 55.1 Å². The molecule has 1 aromatic rings. The SMILES string of the molecule is Nc1cccc(C(=O)NC2CCSC2)c1. The summed E-state index contributed by atoms with van der Waals surface area (Å²) >= 11 is 1.88. The van der Waals surface area contributed by atoms with Crippen molar-refractivity contribution in [2.45, 2.75) is 12.5 Å². The number of nitrogens with two attached hydrogens (primary N) is 1. The molecule has 1 aromatic carbocycles. The molecule has 4 heteroatoms. The summed E-state index contributed by atoms with van der Waals surface area (Å²) in [6.45, 7) is 0. The molecule has 3 nitrogen and oxygen atoms in total. The molecular weight excluding hydrogens is 208 g/mol. The van der Waals surface area contributed by atoms with E-state index in [9.17, 15) is 4.79 Å². The standard InChI is InChI=1S/C11H14N2OS/c12-9-3-1-2-8(6-9)11(14)13-10-4-5-15-7-10/h1-3,6,10H,4-5,7,12H2,(H,13,14). The van der Waals surface area contributed by atoms with Crippen molar-refractivity contribution < 1.29 is 4.79 Å². The second-order valence-corrected chi connectivity index (χ2v) is 4.81. The number of amides is 1. The quantitative estimate of drug-likeness (QED) is 0.746. The van der Waals surface area contributed by atoms with Crippen LogP contribution in [0.15, 0.2) is 24.3 Å². The minimum absolute atomic E-state index is 0.0187. The van der Waals surface area contributed by atoms with Crippen molar-refractivity contribution in [2.24, 2.45) is 0 Å². The molecule has 1 aliphatic rings. The van der Waals surface area contributed by atoms with Crippen LogP contribution in [0.1, 0.15) is 16.8 Å². The molecule has 0 saturated carbocycles. The highest BCUT2D eigenvalue weighted by Gasteiger charge is 2.18. The average molecular weight is 222 g/mol. The van der Waals surface area contributed by atoms with Gasteiger partial charge in [-0.25, -0.2) is 0 Å². The Morgan fingerprint density at radius 3 is 3.07 bits per heavy atom. The molecule has 1 amide bonds. The van der Waals surface area contributed by atoms with Crippen LogP contribution in [0.25, 0.3) is 0 Å². The summed E-state index contributed by atoms with van der Waals surface area (Å²) in [6.07, 6.45) is 1.07. The summed E-state index contributed by atoms with van der Waals surface area (Å²) in [4.78, 5) is 11.8. The molecule has 1 heterocycles. The number of carbonyl (C=O) groups is 1. The van der Waals surface area contributed by atoms with Gasteiger partial charge in [-0.1, -0.05) is 6.07 Å². The molecule has 15 heavy (non-hydrogen) atoms. The number of nitrogen functional groups attached to an aromatic ring is 1. The van der Waals surface area contributed by atoms with Gasteiger partial charge >= 0.3 is 0 Å². The van der Waals surface area contributed by atoms with Crippen LogP contribution in [0.5, 0.6) is 0 Å². The van der Waals surface area contributed by atoms with E-state index in [2.05, 4.69) is 5.32 Å². The van der Waals surface area contributed by atoms with E-state index in [-0.39, 0.29) is 5.91 Å². The van der Waals surface area contributed by atoms with E-state index in [1.54, 1.807) is 24.3 Å². The molecule has 2 rings (SSSR count). The number of hydrogen-bond donors (Lipinski definition) is 2. The van der Waals surface area contributed by atoms with Crippen LogP contribution in [0.3, 0.4) is 0 Å². The lowest BCUT2D eigenvalue weighted by atomic mass is 10.1. The summed E-state index contributed by atoms with van der Waals surface area (Å²) < 4.78 is 0. The molecule has 0 aromatic heterocycles. The van der Waals surface area contributed by atoms with Gasteiger partial charge in [0.25, 0.3) is 5.91 Å². The van der Waals surface area contributed by atoms with Gasteiger partial charge in [0, 0.05) is 23.0 Å². The van der Waals surface area contributed by atoms with E-state index in [1.807, 2.05) is 11.8 Å². The zero-order valence-electron chi connectivity index (χ0n) is 8.40. The predicted octanol–water partition coefficient (Wildman–Crippen LogP) is 1.50. The Labute approximate surface area is 93.4 Å². The molecule has 1 aliphatic heterocycles. The summed E-state index contributed by atoms with van der Waals surface area (Å²) in [5, 5.41) is 3.01. The third-order valence-corrected chi connectivity index (χ3v) is 3.58. The Morgan fingerprint density at radius 1 is 1.53 bits per heavy atom. The van der Waals surface area contributed by atoms with Crippen molar-refractivity contribution in [1.82, 2.24) is 5.32 Å². The van der Waals surface area contributed by atoms with Crippen LogP contribution in [0, 0.1) is 0 Å². The Bertz CT molecular complexity index is 361. The fourth-order valence-electron chi connectivity index (χ4n) is 1.60. The van der Waals surface area contributed by atoms with Crippen molar-refractivity contribution in [3.05, 3.63) is 29.8 Å². The number of anilines is 1. The predicted molar refractivity (Wildman–Crippen MR) is 64.1 cm³/mol. The highest BCUT2D eigenvalue weighted by atomic mass is 32.2. The number of hydrogen-bond acceptors (Lipinski definition) is 3. The number of rotatable bonds is 2. The van der Waals surface area contributed by atoms with Gasteiger partial charge in [-0.15, -0.1) is 0 Å². The minimum Gasteiger partial charge on any atom is -0.399 e. The first-order valence-electron chi connectivity index (χ1n) is 5.00. The summed E-state index contributed by atoms with van der Waals surface area (Å²) in [7, 11) is 0. The van der Waals surface area contributed by atoms with Gasteiger partial charge in [-0.05, 0) is 30.4 Å². The van der Waals surface area contributed by atoms with Crippen LogP contribution >= 0.6 is 11.8 Å². The lowest BCUT2D eigenvalue weighted by Crippen LogP contribution is -2.34. The van der Waals surface area contributed by atoms with Crippen LogP contribution in [-0.4, -0.2) is 23.5 Å². The van der Waals surface area contributed by atoms with Crippen molar-refractivity contribution >= 4 is 23.4 Å². The molecule has 3 N–H and O–H groups in total. The molecule has 1 fully saturated rings. The molecule has 1 atom stereocenters. The van der Waals surface area contributed by atoms with E-state index in [0.717, 1.165) is 17.9 Å². The minimum atomic E-state index is -0.0187. The molecule has 0 spiro atoms. The van der Waals surface area contributed by atoms with Gasteiger partial charge in [-0.2, -0.15) is 11.8 Å². The van der Waals surface area contributed by atoms with Gasteiger partial charge < -0.3 is 11.1 Å². The van der Waals surface area contributed by atoms with E-state index < -0.39 is 0 Å².